The van der Waals surface area contributed by atoms with Crippen molar-refractivity contribution in [2.75, 3.05) is 18.0 Å². The van der Waals surface area contributed by atoms with Crippen LogP contribution in [0.4, 0.5) is 5.69 Å². The summed E-state index contributed by atoms with van der Waals surface area (Å²) in [6.45, 7) is 0.967. The smallest absolute Gasteiger partial charge is 0.227 e. The van der Waals surface area contributed by atoms with Crippen molar-refractivity contribution in [3.63, 3.8) is 0 Å². The molecule has 0 aliphatic carbocycles. The lowest BCUT2D eigenvalue weighted by molar-refractivity contribution is -0.121. The molecule has 126 valence electrons. The van der Waals surface area contributed by atoms with Crippen LogP contribution < -0.4 is 10.2 Å². The molecule has 1 unspecified atom stereocenters. The minimum Gasteiger partial charge on any atom is -0.387 e. The van der Waals surface area contributed by atoms with Gasteiger partial charge >= 0.3 is 0 Å². The van der Waals surface area contributed by atoms with E-state index in [1.54, 1.807) is 4.90 Å². The van der Waals surface area contributed by atoms with Gasteiger partial charge in [-0.25, -0.2) is 0 Å². The second-order valence-corrected chi connectivity index (χ2v) is 6.65. The Balaban J connectivity index is 1.50. The maximum atomic E-state index is 12.0. The Kier molecular flexibility index (Phi) is 5.27. The molecule has 1 aliphatic heterocycles. The predicted molar refractivity (Wildman–Crippen MR) is 94.0 cm³/mol. The number of nitrogens with one attached hydrogen (secondary N) is 1. The lowest BCUT2D eigenvalue weighted by Gasteiger charge is -2.16. The molecule has 1 aromatic carbocycles. The Bertz CT molecular complexity index is 698. The van der Waals surface area contributed by atoms with E-state index in [-0.39, 0.29) is 24.8 Å². The molecule has 3 rings (SSSR count). The molecule has 5 nitrogen and oxygen atoms in total. The molecule has 1 aliphatic rings. The van der Waals surface area contributed by atoms with E-state index in [1.807, 2.05) is 41.1 Å². The third kappa shape index (κ3) is 4.01. The van der Waals surface area contributed by atoms with Gasteiger partial charge in [0.15, 0.2) is 0 Å². The lowest BCUT2D eigenvalue weighted by atomic mass is 10.1. The largest absolute Gasteiger partial charge is 0.387 e. The SMILES string of the molecule is O=C(Cc1ccc(N2CCCC2=O)cc1)NCC(O)c1ccsc1. The zero-order valence-electron chi connectivity index (χ0n) is 13.3. The molecule has 2 amide bonds. The second kappa shape index (κ2) is 7.59. The quantitative estimate of drug-likeness (QED) is 0.844. The summed E-state index contributed by atoms with van der Waals surface area (Å²) < 4.78 is 0. The van der Waals surface area contributed by atoms with Crippen LogP contribution in [0.3, 0.4) is 0 Å². The van der Waals surface area contributed by atoms with E-state index >= 15 is 0 Å². The highest BCUT2D eigenvalue weighted by atomic mass is 32.1. The van der Waals surface area contributed by atoms with Crippen LogP contribution in [-0.2, 0) is 16.0 Å². The predicted octanol–water partition coefficient (Wildman–Crippen LogP) is 2.27. The Hall–Kier alpha value is -2.18. The minimum absolute atomic E-state index is 0.130. The zero-order chi connectivity index (χ0) is 16.9. The molecule has 2 N–H and O–H groups in total. The van der Waals surface area contributed by atoms with Gasteiger partial charge < -0.3 is 15.3 Å². The average molecular weight is 344 g/mol. The van der Waals surface area contributed by atoms with Gasteiger partial charge in [0.1, 0.15) is 0 Å². The van der Waals surface area contributed by atoms with Gasteiger partial charge in [-0.15, -0.1) is 0 Å². The van der Waals surface area contributed by atoms with Gasteiger partial charge in [-0.3, -0.25) is 9.59 Å². The minimum atomic E-state index is -0.677. The van der Waals surface area contributed by atoms with Crippen molar-refractivity contribution in [2.45, 2.75) is 25.4 Å². The maximum Gasteiger partial charge on any atom is 0.227 e. The van der Waals surface area contributed by atoms with Crippen molar-refractivity contribution < 1.29 is 14.7 Å². The first-order chi connectivity index (χ1) is 11.6. The molecule has 0 saturated carbocycles. The summed E-state index contributed by atoms with van der Waals surface area (Å²) in [5.41, 5.74) is 2.59. The molecule has 0 bridgehead atoms. The summed E-state index contributed by atoms with van der Waals surface area (Å²) in [4.78, 5) is 25.5. The summed E-state index contributed by atoms with van der Waals surface area (Å²) >= 11 is 1.52. The Morgan fingerprint density at radius 2 is 2.08 bits per heavy atom. The first kappa shape index (κ1) is 16.7. The number of benzene rings is 1. The standard InChI is InChI=1S/C18H20N2O3S/c21-16(14-7-9-24-12-14)11-19-17(22)10-13-3-5-15(6-4-13)20-8-1-2-18(20)23/h3-7,9,12,16,21H,1-2,8,10-11H2,(H,19,22). The molecule has 6 heteroatoms. The van der Waals surface area contributed by atoms with Crippen LogP contribution in [0.5, 0.6) is 0 Å². The Morgan fingerprint density at radius 1 is 1.29 bits per heavy atom. The molecule has 24 heavy (non-hydrogen) atoms. The van der Waals surface area contributed by atoms with Gasteiger partial charge in [0, 0.05) is 25.2 Å². The van der Waals surface area contributed by atoms with Crippen molar-refractivity contribution in [3.05, 3.63) is 52.2 Å². The number of nitrogens with zero attached hydrogens (tertiary/aromatic N) is 1. The molecule has 1 saturated heterocycles. The van der Waals surface area contributed by atoms with Gasteiger partial charge in [-0.2, -0.15) is 11.3 Å². The number of thiophene rings is 1. The van der Waals surface area contributed by atoms with E-state index in [4.69, 9.17) is 0 Å². The molecule has 1 aromatic heterocycles. The number of amides is 2. The number of aliphatic hydroxyl groups is 1. The van der Waals surface area contributed by atoms with Crippen LogP contribution in [0.2, 0.25) is 0 Å². The van der Waals surface area contributed by atoms with E-state index < -0.39 is 6.10 Å². The van der Waals surface area contributed by atoms with Crippen molar-refractivity contribution >= 4 is 28.8 Å². The Labute approximate surface area is 144 Å². The van der Waals surface area contributed by atoms with Crippen LogP contribution in [-0.4, -0.2) is 30.0 Å². The van der Waals surface area contributed by atoms with Crippen LogP contribution in [0.25, 0.3) is 0 Å². The van der Waals surface area contributed by atoms with Crippen molar-refractivity contribution in [2.24, 2.45) is 0 Å². The topological polar surface area (TPSA) is 69.6 Å². The summed E-state index contributed by atoms with van der Waals surface area (Å²) in [7, 11) is 0. The highest BCUT2D eigenvalue weighted by Crippen LogP contribution is 2.21. The molecular formula is C18H20N2O3S. The number of hydrogen-bond donors (Lipinski definition) is 2. The molecule has 1 fully saturated rings. The normalized spacial score (nSPS) is 15.5. The number of hydrogen-bond acceptors (Lipinski definition) is 4. The highest BCUT2D eigenvalue weighted by molar-refractivity contribution is 7.07. The van der Waals surface area contributed by atoms with Crippen LogP contribution in [0.15, 0.2) is 41.1 Å². The fourth-order valence-corrected chi connectivity index (χ4v) is 3.46. The zero-order valence-corrected chi connectivity index (χ0v) is 14.1. The number of carbonyl (C=O) groups excluding carboxylic acids is 2. The average Bonchev–Trinajstić information content (AvgIpc) is 3.25. The second-order valence-electron chi connectivity index (χ2n) is 5.87. The monoisotopic (exact) mass is 344 g/mol. The molecule has 1 atom stereocenters. The van der Waals surface area contributed by atoms with Crippen LogP contribution in [0.1, 0.15) is 30.1 Å². The number of rotatable bonds is 6. The number of carbonyl (C=O) groups is 2. The van der Waals surface area contributed by atoms with E-state index in [1.165, 1.54) is 11.3 Å². The number of aliphatic hydroxyl groups excluding tert-OH is 1. The van der Waals surface area contributed by atoms with Gasteiger partial charge in [0.25, 0.3) is 0 Å². The summed E-state index contributed by atoms with van der Waals surface area (Å²) in [6.07, 6.45) is 1.08. The van der Waals surface area contributed by atoms with Gasteiger partial charge in [0.2, 0.25) is 11.8 Å². The van der Waals surface area contributed by atoms with Gasteiger partial charge in [0.05, 0.1) is 12.5 Å². The summed E-state index contributed by atoms with van der Waals surface area (Å²) in [5.74, 6) is 0.0252. The van der Waals surface area contributed by atoms with Crippen LogP contribution >= 0.6 is 11.3 Å². The van der Waals surface area contributed by atoms with Crippen molar-refractivity contribution in [1.29, 1.82) is 0 Å². The van der Waals surface area contributed by atoms with E-state index in [0.717, 1.165) is 29.8 Å². The maximum absolute atomic E-state index is 12.0. The molecule has 0 spiro atoms. The lowest BCUT2D eigenvalue weighted by Crippen LogP contribution is -2.29. The van der Waals surface area contributed by atoms with Crippen molar-refractivity contribution in [1.82, 2.24) is 5.32 Å². The van der Waals surface area contributed by atoms with Crippen molar-refractivity contribution in [3.8, 4) is 0 Å². The van der Waals surface area contributed by atoms with Gasteiger partial charge in [-0.1, -0.05) is 12.1 Å². The fraction of sp³-hybridized carbons (Fsp3) is 0.333. The van der Waals surface area contributed by atoms with E-state index in [9.17, 15) is 14.7 Å². The summed E-state index contributed by atoms with van der Waals surface area (Å²) in [6, 6.07) is 9.35. The molecule has 2 heterocycles. The molecule has 0 radical (unpaired) electrons. The van der Waals surface area contributed by atoms with E-state index in [2.05, 4.69) is 5.32 Å². The van der Waals surface area contributed by atoms with Crippen LogP contribution in [0, 0.1) is 0 Å². The Morgan fingerprint density at radius 3 is 2.71 bits per heavy atom. The third-order valence-electron chi connectivity index (χ3n) is 4.11. The molecule has 2 aromatic rings. The fourth-order valence-electron chi connectivity index (χ4n) is 2.76. The highest BCUT2D eigenvalue weighted by Gasteiger charge is 2.21. The van der Waals surface area contributed by atoms with Gasteiger partial charge in [-0.05, 0) is 46.5 Å². The summed E-state index contributed by atoms with van der Waals surface area (Å²) in [5, 5.41) is 16.5. The van der Waals surface area contributed by atoms with E-state index in [0.29, 0.717) is 6.42 Å². The molecular weight excluding hydrogens is 324 g/mol. The third-order valence-corrected chi connectivity index (χ3v) is 4.81. The first-order valence-corrected chi connectivity index (χ1v) is 8.94. The number of anilines is 1. The first-order valence-electron chi connectivity index (χ1n) is 7.99.